The monoisotopic (exact) mass is 292 g/mol. The van der Waals surface area contributed by atoms with E-state index < -0.39 is 0 Å². The van der Waals surface area contributed by atoms with Gasteiger partial charge in [0.2, 0.25) is 0 Å². The first-order chi connectivity index (χ1) is 10.3. The van der Waals surface area contributed by atoms with Crippen LogP contribution >= 0.6 is 11.3 Å². The summed E-state index contributed by atoms with van der Waals surface area (Å²) in [5, 5.41) is 7.22. The predicted molar refractivity (Wildman–Crippen MR) is 88.1 cm³/mol. The number of amides is 1. The van der Waals surface area contributed by atoms with Crippen molar-refractivity contribution in [3.8, 4) is 0 Å². The molecule has 0 aliphatic rings. The Balaban J connectivity index is 1.64. The molecule has 102 valence electrons. The first kappa shape index (κ1) is 12.2. The second-order valence-corrected chi connectivity index (χ2v) is 5.85. The van der Waals surface area contributed by atoms with Gasteiger partial charge in [0, 0.05) is 5.69 Å². The van der Waals surface area contributed by atoms with Crippen LogP contribution in [0.1, 0.15) is 10.5 Å². The largest absolute Gasteiger partial charge is 0.350 e. The van der Waals surface area contributed by atoms with Gasteiger partial charge < -0.3 is 10.3 Å². The van der Waals surface area contributed by atoms with Crippen LogP contribution in [0.15, 0.2) is 60.0 Å². The Morgan fingerprint density at radius 2 is 1.86 bits per heavy atom. The van der Waals surface area contributed by atoms with Crippen LogP contribution in [0.2, 0.25) is 0 Å². The molecule has 0 aliphatic heterocycles. The van der Waals surface area contributed by atoms with Crippen LogP contribution in [0.4, 0.5) is 5.69 Å². The number of hydrogen-bond donors (Lipinski definition) is 2. The van der Waals surface area contributed by atoms with Crippen LogP contribution in [-0.2, 0) is 0 Å². The van der Waals surface area contributed by atoms with Crippen LogP contribution in [0, 0.1) is 0 Å². The van der Waals surface area contributed by atoms with Crippen molar-refractivity contribution in [1.82, 2.24) is 4.98 Å². The Labute approximate surface area is 125 Å². The second kappa shape index (κ2) is 4.75. The molecule has 2 aromatic heterocycles. The predicted octanol–water partition coefficient (Wildman–Crippen LogP) is 4.63. The highest BCUT2D eigenvalue weighted by Gasteiger charge is 2.10. The average molecular weight is 292 g/mol. The van der Waals surface area contributed by atoms with Crippen LogP contribution in [0.5, 0.6) is 0 Å². The van der Waals surface area contributed by atoms with Crippen molar-refractivity contribution < 1.29 is 4.79 Å². The molecule has 3 nitrogen and oxygen atoms in total. The summed E-state index contributed by atoms with van der Waals surface area (Å²) in [6.45, 7) is 0. The molecule has 0 radical (unpaired) electrons. The summed E-state index contributed by atoms with van der Waals surface area (Å²) in [7, 11) is 0. The number of benzene rings is 2. The fourth-order valence-electron chi connectivity index (χ4n) is 2.44. The molecular formula is C17H12N2OS. The number of H-pyrrole nitrogens is 1. The summed E-state index contributed by atoms with van der Waals surface area (Å²) in [5.74, 6) is -0.117. The first-order valence-corrected chi connectivity index (χ1v) is 7.54. The van der Waals surface area contributed by atoms with Crippen LogP contribution in [-0.4, -0.2) is 10.9 Å². The van der Waals surface area contributed by atoms with E-state index in [0.717, 1.165) is 26.7 Å². The van der Waals surface area contributed by atoms with Gasteiger partial charge in [0.25, 0.3) is 5.91 Å². The molecule has 2 heterocycles. The Kier molecular flexibility index (Phi) is 2.75. The number of nitrogens with one attached hydrogen (secondary N) is 2. The van der Waals surface area contributed by atoms with Gasteiger partial charge in [0.15, 0.2) is 0 Å². The van der Waals surface area contributed by atoms with E-state index in [1.807, 2.05) is 53.9 Å². The lowest BCUT2D eigenvalue weighted by Gasteiger charge is -2.05. The second-order valence-electron chi connectivity index (χ2n) is 4.90. The van der Waals surface area contributed by atoms with Crippen molar-refractivity contribution in [1.29, 1.82) is 0 Å². The molecule has 0 fully saturated rings. The molecule has 4 heteroatoms. The number of fused-ring (bicyclic) bond motifs is 2. The van der Waals surface area contributed by atoms with Gasteiger partial charge in [-0.05, 0) is 40.4 Å². The quantitative estimate of drug-likeness (QED) is 0.555. The smallest absolute Gasteiger partial charge is 0.272 e. The van der Waals surface area contributed by atoms with Gasteiger partial charge in [0.1, 0.15) is 5.69 Å². The van der Waals surface area contributed by atoms with Crippen molar-refractivity contribution >= 4 is 43.9 Å². The highest BCUT2D eigenvalue weighted by molar-refractivity contribution is 7.17. The summed E-state index contributed by atoms with van der Waals surface area (Å²) < 4.78 is 1.10. The maximum atomic E-state index is 12.3. The molecule has 21 heavy (non-hydrogen) atoms. The summed E-state index contributed by atoms with van der Waals surface area (Å²) in [4.78, 5) is 15.4. The van der Waals surface area contributed by atoms with Crippen molar-refractivity contribution in [3.05, 3.63) is 65.7 Å². The van der Waals surface area contributed by atoms with E-state index in [-0.39, 0.29) is 5.91 Å². The van der Waals surface area contributed by atoms with E-state index in [9.17, 15) is 4.79 Å². The third-order valence-corrected chi connectivity index (χ3v) is 4.36. The molecule has 0 bridgehead atoms. The Bertz CT molecular complexity index is 923. The zero-order valence-corrected chi connectivity index (χ0v) is 11.9. The third kappa shape index (κ3) is 2.19. The molecule has 2 N–H and O–H groups in total. The summed E-state index contributed by atoms with van der Waals surface area (Å²) in [6, 6.07) is 17.9. The molecule has 0 aliphatic carbocycles. The van der Waals surface area contributed by atoms with Gasteiger partial charge in [-0.3, -0.25) is 4.79 Å². The normalized spacial score (nSPS) is 11.0. The number of carbonyl (C=O) groups excluding carboxylic acids is 1. The van der Waals surface area contributed by atoms with E-state index in [1.54, 1.807) is 11.3 Å². The van der Waals surface area contributed by atoms with Crippen LogP contribution < -0.4 is 5.32 Å². The number of carbonyl (C=O) groups is 1. The summed E-state index contributed by atoms with van der Waals surface area (Å²) in [5.41, 5.74) is 2.39. The minimum Gasteiger partial charge on any atom is -0.350 e. The highest BCUT2D eigenvalue weighted by atomic mass is 32.1. The number of hydrogen-bond acceptors (Lipinski definition) is 2. The molecule has 4 rings (SSSR count). The van der Waals surface area contributed by atoms with Crippen molar-refractivity contribution in [3.63, 3.8) is 0 Å². The van der Waals surface area contributed by atoms with Gasteiger partial charge in [0.05, 0.1) is 10.2 Å². The maximum Gasteiger partial charge on any atom is 0.272 e. The Morgan fingerprint density at radius 1 is 1.00 bits per heavy atom. The fourth-order valence-corrected chi connectivity index (χ4v) is 3.22. The summed E-state index contributed by atoms with van der Waals surface area (Å²) >= 11 is 1.62. The SMILES string of the molecule is O=C(Nc1ccc2ccccc2c1)c1cc2sccc2[nH]1. The van der Waals surface area contributed by atoms with Crippen molar-refractivity contribution in [2.45, 2.75) is 0 Å². The van der Waals surface area contributed by atoms with Gasteiger partial charge in [-0.2, -0.15) is 0 Å². The molecule has 4 aromatic rings. The zero-order valence-electron chi connectivity index (χ0n) is 11.1. The van der Waals surface area contributed by atoms with Gasteiger partial charge in [-0.15, -0.1) is 11.3 Å². The molecule has 0 unspecified atom stereocenters. The fraction of sp³-hybridized carbons (Fsp3) is 0. The lowest BCUT2D eigenvalue weighted by molar-refractivity contribution is 0.102. The first-order valence-electron chi connectivity index (χ1n) is 6.66. The molecule has 0 spiro atoms. The number of rotatable bonds is 2. The van der Waals surface area contributed by atoms with E-state index >= 15 is 0 Å². The number of aromatic amines is 1. The molecule has 0 saturated heterocycles. The molecule has 0 saturated carbocycles. The Hall–Kier alpha value is -2.59. The molecule has 1 amide bonds. The van der Waals surface area contributed by atoms with E-state index in [0.29, 0.717) is 5.69 Å². The third-order valence-electron chi connectivity index (χ3n) is 3.49. The number of aromatic nitrogens is 1. The van der Waals surface area contributed by atoms with Gasteiger partial charge >= 0.3 is 0 Å². The van der Waals surface area contributed by atoms with Crippen LogP contribution in [0.25, 0.3) is 21.0 Å². The number of anilines is 1. The van der Waals surface area contributed by atoms with Gasteiger partial charge in [-0.1, -0.05) is 30.3 Å². The Morgan fingerprint density at radius 3 is 2.71 bits per heavy atom. The van der Waals surface area contributed by atoms with Crippen molar-refractivity contribution in [2.24, 2.45) is 0 Å². The standard InChI is InChI=1S/C17H12N2OS/c20-17(15-10-16-14(19-15)7-8-21-16)18-13-6-5-11-3-1-2-4-12(11)9-13/h1-10,19H,(H,18,20). The molecular weight excluding hydrogens is 280 g/mol. The van der Waals surface area contributed by atoms with Gasteiger partial charge in [-0.25, -0.2) is 0 Å². The lowest BCUT2D eigenvalue weighted by Crippen LogP contribution is -2.12. The minimum atomic E-state index is -0.117. The lowest BCUT2D eigenvalue weighted by atomic mass is 10.1. The average Bonchev–Trinajstić information content (AvgIpc) is 3.08. The summed E-state index contributed by atoms with van der Waals surface area (Å²) in [6.07, 6.45) is 0. The topological polar surface area (TPSA) is 44.9 Å². The van der Waals surface area contributed by atoms with E-state index in [1.165, 1.54) is 0 Å². The molecule has 2 aromatic carbocycles. The maximum absolute atomic E-state index is 12.3. The minimum absolute atomic E-state index is 0.117. The molecule has 0 atom stereocenters. The number of thiophene rings is 1. The van der Waals surface area contributed by atoms with Crippen molar-refractivity contribution in [2.75, 3.05) is 5.32 Å². The van der Waals surface area contributed by atoms with E-state index in [2.05, 4.69) is 16.4 Å². The zero-order chi connectivity index (χ0) is 14.2. The van der Waals surface area contributed by atoms with E-state index in [4.69, 9.17) is 0 Å². The van der Waals surface area contributed by atoms with Crippen LogP contribution in [0.3, 0.4) is 0 Å². The highest BCUT2D eigenvalue weighted by Crippen LogP contribution is 2.23.